The number of nitrogens with zero attached hydrogens (tertiary/aromatic N) is 1. The highest BCUT2D eigenvalue weighted by atomic mass is 35.5. The summed E-state index contributed by atoms with van der Waals surface area (Å²) in [4.78, 5) is 12.0. The Balaban J connectivity index is 1.62. The lowest BCUT2D eigenvalue weighted by atomic mass is 10.0. The van der Waals surface area contributed by atoms with Crippen molar-refractivity contribution in [3.8, 4) is 0 Å². The average molecular weight is 366 g/mol. The van der Waals surface area contributed by atoms with Crippen LogP contribution in [0, 0.1) is 6.92 Å². The highest BCUT2D eigenvalue weighted by molar-refractivity contribution is 6.31. The number of hydrogen-bond donors (Lipinski definition) is 2. The number of hydrazone groups is 1. The van der Waals surface area contributed by atoms with E-state index in [1.807, 2.05) is 50.2 Å². The Bertz CT molecular complexity index is 982. The Morgan fingerprint density at radius 2 is 1.81 bits per heavy atom. The number of benzene rings is 3. The van der Waals surface area contributed by atoms with Crippen LogP contribution in [-0.4, -0.2) is 18.2 Å². The molecule has 0 aromatic heterocycles. The third kappa shape index (κ3) is 4.21. The Morgan fingerprint density at radius 1 is 1.04 bits per heavy atom. The molecule has 3 rings (SSSR count). The van der Waals surface area contributed by atoms with Crippen molar-refractivity contribution in [3.05, 3.63) is 76.8 Å². The van der Waals surface area contributed by atoms with Gasteiger partial charge in [-0.3, -0.25) is 4.79 Å². The number of anilines is 1. The molecule has 0 bridgehead atoms. The van der Waals surface area contributed by atoms with Crippen molar-refractivity contribution >= 4 is 39.7 Å². The molecule has 0 unspecified atom stereocenters. The first kappa shape index (κ1) is 18.0. The second-order valence-corrected chi connectivity index (χ2v) is 6.47. The van der Waals surface area contributed by atoms with E-state index in [0.29, 0.717) is 5.02 Å². The minimum Gasteiger partial charge on any atom is -0.376 e. The van der Waals surface area contributed by atoms with Crippen LogP contribution >= 0.6 is 11.6 Å². The molecule has 0 aliphatic carbocycles. The predicted octanol–water partition coefficient (Wildman–Crippen LogP) is 4.75. The molecule has 0 aliphatic heterocycles. The van der Waals surface area contributed by atoms with Crippen LogP contribution in [0.5, 0.6) is 0 Å². The summed E-state index contributed by atoms with van der Waals surface area (Å²) in [6.07, 6.45) is 0. The van der Waals surface area contributed by atoms with E-state index >= 15 is 0 Å². The van der Waals surface area contributed by atoms with Crippen LogP contribution in [0.4, 0.5) is 5.69 Å². The van der Waals surface area contributed by atoms with Crippen molar-refractivity contribution in [1.82, 2.24) is 5.43 Å². The Kier molecular flexibility index (Phi) is 5.54. The summed E-state index contributed by atoms with van der Waals surface area (Å²) in [5.74, 6) is -0.218. The van der Waals surface area contributed by atoms with Gasteiger partial charge in [-0.25, -0.2) is 5.43 Å². The van der Waals surface area contributed by atoms with Gasteiger partial charge in [0.25, 0.3) is 5.91 Å². The van der Waals surface area contributed by atoms with Crippen LogP contribution in [0.15, 0.2) is 65.8 Å². The second kappa shape index (κ2) is 8.02. The minimum atomic E-state index is -0.218. The Hall–Kier alpha value is -2.85. The van der Waals surface area contributed by atoms with Gasteiger partial charge in [-0.2, -0.15) is 5.10 Å². The third-order valence-corrected chi connectivity index (χ3v) is 4.63. The van der Waals surface area contributed by atoms with Crippen molar-refractivity contribution in [2.75, 3.05) is 11.9 Å². The van der Waals surface area contributed by atoms with Crippen LogP contribution in [0.2, 0.25) is 5.02 Å². The number of nitrogens with one attached hydrogen (secondary N) is 2. The molecule has 0 radical (unpaired) electrons. The van der Waals surface area contributed by atoms with E-state index in [0.717, 1.165) is 27.9 Å². The maximum absolute atomic E-state index is 12.0. The molecule has 26 heavy (non-hydrogen) atoms. The fraction of sp³-hybridized carbons (Fsp3) is 0.143. The zero-order valence-electron chi connectivity index (χ0n) is 14.7. The number of fused-ring (bicyclic) bond motifs is 1. The molecule has 132 valence electrons. The van der Waals surface area contributed by atoms with Crippen LogP contribution in [0.1, 0.15) is 18.1 Å². The van der Waals surface area contributed by atoms with Crippen molar-refractivity contribution in [1.29, 1.82) is 0 Å². The monoisotopic (exact) mass is 365 g/mol. The average Bonchev–Trinajstić information content (AvgIpc) is 2.66. The molecule has 0 heterocycles. The third-order valence-electron chi connectivity index (χ3n) is 4.22. The zero-order valence-corrected chi connectivity index (χ0v) is 15.5. The van der Waals surface area contributed by atoms with Gasteiger partial charge in [0.15, 0.2) is 0 Å². The predicted molar refractivity (Wildman–Crippen MR) is 109 cm³/mol. The van der Waals surface area contributed by atoms with E-state index in [1.54, 1.807) is 0 Å². The first-order chi connectivity index (χ1) is 12.5. The normalized spacial score (nSPS) is 11.4. The van der Waals surface area contributed by atoms with E-state index < -0.39 is 0 Å². The van der Waals surface area contributed by atoms with Crippen LogP contribution in [0.25, 0.3) is 10.8 Å². The van der Waals surface area contributed by atoms with Gasteiger partial charge in [0, 0.05) is 10.7 Å². The van der Waals surface area contributed by atoms with Crippen molar-refractivity contribution in [2.24, 2.45) is 5.10 Å². The molecule has 3 aromatic carbocycles. The number of hydrogen-bond acceptors (Lipinski definition) is 3. The summed E-state index contributed by atoms with van der Waals surface area (Å²) in [6.45, 7) is 3.90. The highest BCUT2D eigenvalue weighted by Crippen LogP contribution is 2.22. The quantitative estimate of drug-likeness (QED) is 0.506. The summed E-state index contributed by atoms with van der Waals surface area (Å²) in [5.41, 5.74) is 6.06. The van der Waals surface area contributed by atoms with Gasteiger partial charge in [-0.05, 0) is 53.9 Å². The standard InChI is InChI=1S/C21H20ClN3O/c1-14-19(22)8-5-9-20(14)23-13-21(26)25-24-15(2)17-11-10-16-6-3-4-7-18(16)12-17/h3-12,23H,13H2,1-2H3,(H,25,26)/b24-15-. The molecule has 0 saturated heterocycles. The van der Waals surface area contributed by atoms with Gasteiger partial charge in [-0.15, -0.1) is 0 Å². The smallest absolute Gasteiger partial charge is 0.259 e. The second-order valence-electron chi connectivity index (χ2n) is 6.06. The summed E-state index contributed by atoms with van der Waals surface area (Å²) in [5, 5.41) is 10.3. The maximum atomic E-state index is 12.0. The lowest BCUT2D eigenvalue weighted by Gasteiger charge is -2.10. The Morgan fingerprint density at radius 3 is 2.62 bits per heavy atom. The lowest BCUT2D eigenvalue weighted by molar-refractivity contribution is -0.119. The van der Waals surface area contributed by atoms with E-state index in [1.165, 1.54) is 5.39 Å². The topological polar surface area (TPSA) is 53.5 Å². The van der Waals surface area contributed by atoms with E-state index in [4.69, 9.17) is 11.6 Å². The highest BCUT2D eigenvalue weighted by Gasteiger charge is 2.05. The van der Waals surface area contributed by atoms with E-state index in [-0.39, 0.29) is 12.5 Å². The fourth-order valence-electron chi connectivity index (χ4n) is 2.64. The van der Waals surface area contributed by atoms with Crippen LogP contribution in [-0.2, 0) is 4.79 Å². The number of carbonyl (C=O) groups excluding carboxylic acids is 1. The van der Waals surface area contributed by atoms with Crippen LogP contribution in [0.3, 0.4) is 0 Å². The number of rotatable bonds is 5. The van der Waals surface area contributed by atoms with Gasteiger partial charge >= 0.3 is 0 Å². The van der Waals surface area contributed by atoms with Crippen molar-refractivity contribution in [2.45, 2.75) is 13.8 Å². The van der Waals surface area contributed by atoms with Gasteiger partial charge in [-0.1, -0.05) is 54.1 Å². The number of carbonyl (C=O) groups is 1. The summed E-state index contributed by atoms with van der Waals surface area (Å²) in [7, 11) is 0. The van der Waals surface area contributed by atoms with Crippen molar-refractivity contribution < 1.29 is 4.79 Å². The molecule has 3 aromatic rings. The fourth-order valence-corrected chi connectivity index (χ4v) is 2.81. The van der Waals surface area contributed by atoms with Gasteiger partial charge in [0.05, 0.1) is 12.3 Å². The molecule has 0 atom stereocenters. The lowest BCUT2D eigenvalue weighted by Crippen LogP contribution is -2.27. The minimum absolute atomic E-state index is 0.121. The number of amides is 1. The molecule has 0 fully saturated rings. The summed E-state index contributed by atoms with van der Waals surface area (Å²) in [6, 6.07) is 19.8. The van der Waals surface area contributed by atoms with E-state index in [2.05, 4.69) is 40.1 Å². The molecule has 0 aliphatic rings. The summed E-state index contributed by atoms with van der Waals surface area (Å²) < 4.78 is 0. The van der Waals surface area contributed by atoms with Crippen molar-refractivity contribution in [3.63, 3.8) is 0 Å². The first-order valence-electron chi connectivity index (χ1n) is 8.36. The van der Waals surface area contributed by atoms with Gasteiger partial charge in [0.2, 0.25) is 0 Å². The first-order valence-corrected chi connectivity index (χ1v) is 8.73. The van der Waals surface area contributed by atoms with Crippen LogP contribution < -0.4 is 10.7 Å². The molecular weight excluding hydrogens is 346 g/mol. The maximum Gasteiger partial charge on any atom is 0.259 e. The molecular formula is C21H20ClN3O. The zero-order chi connectivity index (χ0) is 18.5. The SMILES string of the molecule is C/C(=N/NC(=O)CNc1cccc(Cl)c1C)c1ccc2ccccc2c1. The van der Waals surface area contributed by atoms with Gasteiger partial charge in [0.1, 0.15) is 0 Å². The van der Waals surface area contributed by atoms with E-state index in [9.17, 15) is 4.79 Å². The Labute approximate surface area is 157 Å². The molecule has 5 heteroatoms. The molecule has 4 nitrogen and oxygen atoms in total. The molecule has 2 N–H and O–H groups in total. The molecule has 1 amide bonds. The number of halogens is 1. The molecule has 0 spiro atoms. The summed E-state index contributed by atoms with van der Waals surface area (Å²) >= 11 is 6.08. The largest absolute Gasteiger partial charge is 0.376 e. The molecule has 0 saturated carbocycles. The van der Waals surface area contributed by atoms with Gasteiger partial charge < -0.3 is 5.32 Å².